The SMILES string of the molecule is CN(C)c1ccc(C=O)cc1.CSSCC[n+]1ccc(/C=C/c2ccc(N(C)C)cc2)cc1.CSSCC[n+]1ccc(C)cc1.Cc1cc[n+](CCSSCC[n+]2ccc(C)cc2)cc1. The van der Waals surface area contributed by atoms with Gasteiger partial charge in [0.1, 0.15) is 6.29 Å². The molecule has 4 heterocycles. The van der Waals surface area contributed by atoms with Gasteiger partial charge in [-0.2, -0.15) is 0 Å². The quantitative estimate of drug-likeness (QED) is 0.0322. The molecule has 7 nitrogen and oxygen atoms in total. The third-order valence-corrected chi connectivity index (χ3v) is 15.5. The molecule has 0 aliphatic heterocycles. The highest BCUT2D eigenvalue weighted by molar-refractivity contribution is 8.77. The molecular weight excluding hydrogens is 917 g/mol. The molecule has 65 heavy (non-hydrogen) atoms. The maximum absolute atomic E-state index is 10.3. The van der Waals surface area contributed by atoms with E-state index >= 15 is 0 Å². The van der Waals surface area contributed by atoms with Gasteiger partial charge in [-0.05, 0) is 97.5 Å². The molecule has 0 spiro atoms. The Morgan fingerprint density at radius 3 is 0.969 bits per heavy atom. The first-order valence-corrected chi connectivity index (χ1v) is 29.5. The highest BCUT2D eigenvalue weighted by Gasteiger charge is 2.04. The van der Waals surface area contributed by atoms with Crippen molar-refractivity contribution < 1.29 is 23.1 Å². The highest BCUT2D eigenvalue weighted by atomic mass is 33.1. The first-order valence-electron chi connectivity index (χ1n) is 21.6. The number of benzene rings is 2. The molecule has 0 saturated heterocycles. The van der Waals surface area contributed by atoms with Gasteiger partial charge < -0.3 is 9.80 Å². The van der Waals surface area contributed by atoms with Gasteiger partial charge in [-0.1, -0.05) is 89.0 Å². The van der Waals surface area contributed by atoms with E-state index in [-0.39, 0.29) is 0 Å². The minimum atomic E-state index is 0.718. The lowest BCUT2D eigenvalue weighted by molar-refractivity contribution is -0.692. The molecule has 0 radical (unpaired) electrons. The third kappa shape index (κ3) is 25.0. The van der Waals surface area contributed by atoms with Gasteiger partial charge in [-0.25, -0.2) is 18.3 Å². The lowest BCUT2D eigenvalue weighted by Crippen LogP contribution is -2.34. The number of nitrogens with zero attached hydrogens (tertiary/aromatic N) is 6. The fourth-order valence-electron chi connectivity index (χ4n) is 5.55. The Morgan fingerprint density at radius 1 is 0.400 bits per heavy atom. The van der Waals surface area contributed by atoms with E-state index in [4.69, 9.17) is 0 Å². The van der Waals surface area contributed by atoms with Crippen molar-refractivity contribution in [2.45, 2.75) is 47.0 Å². The van der Waals surface area contributed by atoms with Crippen molar-refractivity contribution >= 4 is 94.6 Å². The lowest BCUT2D eigenvalue weighted by Gasteiger charge is -2.11. The van der Waals surface area contributed by atoms with Gasteiger partial charge in [0.25, 0.3) is 0 Å². The van der Waals surface area contributed by atoms with Crippen molar-refractivity contribution in [1.29, 1.82) is 0 Å². The fourth-order valence-corrected chi connectivity index (χ4v) is 9.87. The molecule has 0 atom stereocenters. The summed E-state index contributed by atoms with van der Waals surface area (Å²) in [6.45, 7) is 10.7. The van der Waals surface area contributed by atoms with E-state index in [1.807, 2.05) is 108 Å². The third-order valence-electron chi connectivity index (χ3n) is 9.56. The van der Waals surface area contributed by atoms with E-state index in [1.165, 1.54) is 39.3 Å². The minimum absolute atomic E-state index is 0.718. The van der Waals surface area contributed by atoms with Gasteiger partial charge in [-0.3, -0.25) is 4.79 Å². The van der Waals surface area contributed by atoms with Gasteiger partial charge in [0.05, 0.1) is 23.0 Å². The summed E-state index contributed by atoms with van der Waals surface area (Å²) >= 11 is 0. The van der Waals surface area contributed by atoms with Crippen molar-refractivity contribution in [3.05, 3.63) is 180 Å². The Hall–Kier alpha value is -3.85. The van der Waals surface area contributed by atoms with Gasteiger partial charge >= 0.3 is 0 Å². The normalized spacial score (nSPS) is 10.5. The number of hydrogen-bond acceptors (Lipinski definition) is 9. The predicted molar refractivity (Wildman–Crippen MR) is 293 cm³/mol. The van der Waals surface area contributed by atoms with E-state index in [9.17, 15) is 4.79 Å². The molecule has 0 aliphatic carbocycles. The summed E-state index contributed by atoms with van der Waals surface area (Å²) in [5.74, 6) is 4.61. The summed E-state index contributed by atoms with van der Waals surface area (Å²) in [5.41, 5.74) is 9.46. The molecule has 2 aromatic carbocycles. The maximum atomic E-state index is 10.3. The summed E-state index contributed by atoms with van der Waals surface area (Å²) in [6, 6.07) is 33.3. The van der Waals surface area contributed by atoms with Crippen LogP contribution in [0.3, 0.4) is 0 Å². The number of carbonyl (C=O) groups excluding carboxylic acids is 1. The summed E-state index contributed by atoms with van der Waals surface area (Å²) in [6.07, 6.45) is 26.6. The molecule has 0 bridgehead atoms. The van der Waals surface area contributed by atoms with E-state index in [0.717, 1.165) is 61.0 Å². The smallest absolute Gasteiger partial charge is 0.169 e. The lowest BCUT2D eigenvalue weighted by atomic mass is 10.1. The number of hydrogen-bond donors (Lipinski definition) is 0. The van der Waals surface area contributed by atoms with Crippen LogP contribution in [0.15, 0.2) is 147 Å². The van der Waals surface area contributed by atoms with Gasteiger partial charge in [-0.15, -0.1) is 0 Å². The van der Waals surface area contributed by atoms with Crippen LogP contribution in [0.4, 0.5) is 11.4 Å². The molecule has 0 unspecified atom stereocenters. The van der Waals surface area contributed by atoms with Crippen molar-refractivity contribution in [2.75, 3.05) is 73.5 Å². The fraction of sp³-hybridized carbons (Fsp3) is 0.327. The monoisotopic (exact) mass is 986 g/mol. The van der Waals surface area contributed by atoms with Crippen molar-refractivity contribution in [1.82, 2.24) is 0 Å². The Labute approximate surface area is 415 Å². The number of aryl methyl sites for hydroxylation is 7. The standard InChI is InChI=1S/C18H23N2S2.C16H22N2S2.C9H11NO.C9H14NS2/c1-19(2)18-8-6-16(7-9-18)4-5-17-10-12-20(13-11-17)14-15-22-21-3;1-15-3-7-17(8-4-15)11-13-19-20-14-12-18-9-5-16(2)6-10-18;1-10(2)9-5-3-8(7-11)4-6-9;1-9-3-5-10(6-4-9)7-8-12-11-2/h4-13H,14-15H2,1-3H3;3-10H,11-14H2,1-2H3;3-7H,1-2H3;3-6H,7-8H2,1-2H3/q+1;+2;;+1. The largest absolute Gasteiger partial charge is 0.378 e. The van der Waals surface area contributed by atoms with Gasteiger partial charge in [0.2, 0.25) is 0 Å². The Kier molecular flexibility index (Phi) is 28.7. The van der Waals surface area contributed by atoms with E-state index in [2.05, 4.69) is 205 Å². The number of anilines is 2. The molecule has 0 saturated carbocycles. The molecule has 13 heteroatoms. The zero-order valence-electron chi connectivity index (χ0n) is 39.8. The second kappa shape index (κ2) is 33.6. The maximum Gasteiger partial charge on any atom is 0.169 e. The molecule has 0 fully saturated rings. The van der Waals surface area contributed by atoms with Crippen molar-refractivity contribution in [3.63, 3.8) is 0 Å². The number of pyridine rings is 4. The van der Waals surface area contributed by atoms with Crippen LogP contribution in [-0.2, 0) is 26.2 Å². The average molecular weight is 988 g/mol. The van der Waals surface area contributed by atoms with Crippen molar-refractivity contribution in [2.24, 2.45) is 0 Å². The first kappa shape index (κ1) is 55.5. The summed E-state index contributed by atoms with van der Waals surface area (Å²) < 4.78 is 8.94. The second-order valence-electron chi connectivity index (χ2n) is 15.3. The van der Waals surface area contributed by atoms with Crippen LogP contribution in [0.2, 0.25) is 0 Å². The number of aromatic nitrogens is 4. The van der Waals surface area contributed by atoms with Crippen LogP contribution in [0.5, 0.6) is 0 Å². The predicted octanol–water partition coefficient (Wildman–Crippen LogP) is 11.0. The number of rotatable bonds is 20. The zero-order chi connectivity index (χ0) is 47.1. The molecule has 346 valence electrons. The topological polar surface area (TPSA) is 39.1 Å². The van der Waals surface area contributed by atoms with E-state index in [1.54, 1.807) is 0 Å². The van der Waals surface area contributed by atoms with Gasteiger partial charge in [0, 0.05) is 93.7 Å². The Morgan fingerprint density at radius 2 is 0.677 bits per heavy atom. The molecule has 0 aliphatic rings. The van der Waals surface area contributed by atoms with Crippen molar-refractivity contribution in [3.8, 4) is 0 Å². The summed E-state index contributed by atoms with van der Waals surface area (Å²) in [4.78, 5) is 14.4. The number of aldehydes is 1. The second-order valence-corrected chi connectivity index (χ2v) is 23.3. The number of carbonyl (C=O) groups is 1. The summed E-state index contributed by atoms with van der Waals surface area (Å²) in [7, 11) is 19.4. The highest BCUT2D eigenvalue weighted by Crippen LogP contribution is 2.20. The van der Waals surface area contributed by atoms with Gasteiger partial charge in [0.15, 0.2) is 75.8 Å². The van der Waals surface area contributed by atoms with E-state index in [0.29, 0.717) is 0 Å². The Balaban J connectivity index is 0.000000240. The zero-order valence-corrected chi connectivity index (χ0v) is 44.7. The molecule has 4 aromatic heterocycles. The molecule has 6 rings (SSSR count). The molecule has 6 aromatic rings. The Bertz CT molecular complexity index is 2120. The van der Waals surface area contributed by atoms with Crippen LogP contribution in [0.25, 0.3) is 12.2 Å². The molecule has 0 N–H and O–H groups in total. The van der Waals surface area contributed by atoms with Crippen LogP contribution < -0.4 is 28.1 Å². The molecule has 0 amide bonds. The molecular formula is C52H70N6OS6+4. The summed E-state index contributed by atoms with van der Waals surface area (Å²) in [5, 5.41) is 0. The minimum Gasteiger partial charge on any atom is -0.378 e. The van der Waals surface area contributed by atoms with Crippen LogP contribution >= 0.6 is 64.8 Å². The van der Waals surface area contributed by atoms with Crippen LogP contribution in [0, 0.1) is 20.8 Å². The average Bonchev–Trinajstić information content (AvgIpc) is 3.32. The van der Waals surface area contributed by atoms with Crippen LogP contribution in [-0.4, -0.2) is 70.0 Å². The first-order chi connectivity index (χ1) is 31.5. The van der Waals surface area contributed by atoms with E-state index < -0.39 is 0 Å². The van der Waals surface area contributed by atoms with Crippen LogP contribution in [0.1, 0.15) is 38.2 Å².